The largest absolute Gasteiger partial charge is 0.444 e. The van der Waals surface area contributed by atoms with Gasteiger partial charge >= 0.3 is 0 Å². The third kappa shape index (κ3) is 1.95. The van der Waals surface area contributed by atoms with E-state index in [1.807, 2.05) is 6.92 Å². The Hall–Kier alpha value is -1.32. The number of amides is 1. The smallest absolute Gasteiger partial charge is 0.223 e. The minimum atomic E-state index is 0.137. The fourth-order valence-corrected chi connectivity index (χ4v) is 1.39. The maximum absolute atomic E-state index is 11.3. The second-order valence-electron chi connectivity index (χ2n) is 3.73. The Bertz CT molecular complexity index is 353. The SMILES string of the molecule is Cc1nc(C)c(CNC(=O)C2CC2)o1. The van der Waals surface area contributed by atoms with Crippen LogP contribution in [-0.4, -0.2) is 10.9 Å². The maximum Gasteiger partial charge on any atom is 0.223 e. The van der Waals surface area contributed by atoms with E-state index in [4.69, 9.17) is 4.42 Å². The fourth-order valence-electron chi connectivity index (χ4n) is 1.39. The number of aryl methyl sites for hydroxylation is 2. The zero-order valence-electron chi connectivity index (χ0n) is 8.46. The number of carbonyl (C=O) groups is 1. The lowest BCUT2D eigenvalue weighted by Gasteiger charge is -2.00. The molecule has 76 valence electrons. The molecular formula is C10H14N2O2. The molecule has 4 nitrogen and oxygen atoms in total. The van der Waals surface area contributed by atoms with Crippen molar-refractivity contribution >= 4 is 5.91 Å². The van der Waals surface area contributed by atoms with Gasteiger partial charge in [0.15, 0.2) is 5.89 Å². The van der Waals surface area contributed by atoms with Gasteiger partial charge in [-0.25, -0.2) is 4.98 Å². The number of hydrogen-bond donors (Lipinski definition) is 1. The second kappa shape index (κ2) is 3.44. The highest BCUT2D eigenvalue weighted by atomic mass is 16.4. The zero-order valence-corrected chi connectivity index (χ0v) is 8.46. The van der Waals surface area contributed by atoms with Gasteiger partial charge in [-0.1, -0.05) is 0 Å². The highest BCUT2D eigenvalue weighted by Gasteiger charge is 2.29. The number of nitrogens with one attached hydrogen (secondary N) is 1. The molecule has 0 radical (unpaired) electrons. The highest BCUT2D eigenvalue weighted by Crippen LogP contribution is 2.28. The van der Waals surface area contributed by atoms with E-state index in [0.29, 0.717) is 12.4 Å². The summed E-state index contributed by atoms with van der Waals surface area (Å²) in [6, 6.07) is 0. The van der Waals surface area contributed by atoms with Crippen molar-refractivity contribution < 1.29 is 9.21 Å². The van der Waals surface area contributed by atoms with Crippen molar-refractivity contribution in [2.24, 2.45) is 5.92 Å². The molecule has 1 aromatic rings. The molecule has 1 amide bonds. The van der Waals surface area contributed by atoms with E-state index < -0.39 is 0 Å². The van der Waals surface area contributed by atoms with Crippen LogP contribution in [0.2, 0.25) is 0 Å². The van der Waals surface area contributed by atoms with E-state index in [1.165, 1.54) is 0 Å². The average molecular weight is 194 g/mol. The van der Waals surface area contributed by atoms with E-state index in [2.05, 4.69) is 10.3 Å². The first-order valence-electron chi connectivity index (χ1n) is 4.87. The molecule has 0 aliphatic heterocycles. The van der Waals surface area contributed by atoms with Crippen LogP contribution in [0, 0.1) is 19.8 Å². The van der Waals surface area contributed by atoms with Gasteiger partial charge in [-0.15, -0.1) is 0 Å². The van der Waals surface area contributed by atoms with Crippen LogP contribution >= 0.6 is 0 Å². The van der Waals surface area contributed by atoms with Gasteiger partial charge in [0.25, 0.3) is 0 Å². The van der Waals surface area contributed by atoms with E-state index >= 15 is 0 Å². The molecule has 1 heterocycles. The molecule has 1 fully saturated rings. The lowest BCUT2D eigenvalue weighted by molar-refractivity contribution is -0.122. The van der Waals surface area contributed by atoms with Gasteiger partial charge in [0.1, 0.15) is 5.76 Å². The Morgan fingerprint density at radius 3 is 2.79 bits per heavy atom. The standard InChI is InChI=1S/C10H14N2O2/c1-6-9(14-7(2)12-6)5-11-10(13)8-3-4-8/h8H,3-5H2,1-2H3,(H,11,13). The molecule has 0 saturated heterocycles. The topological polar surface area (TPSA) is 55.1 Å². The molecule has 1 aliphatic carbocycles. The molecule has 4 heteroatoms. The summed E-state index contributed by atoms with van der Waals surface area (Å²) in [7, 11) is 0. The first kappa shape index (κ1) is 9.24. The molecule has 14 heavy (non-hydrogen) atoms. The van der Waals surface area contributed by atoms with Gasteiger partial charge in [0, 0.05) is 12.8 Å². The summed E-state index contributed by atoms with van der Waals surface area (Å²) in [5.41, 5.74) is 0.860. The van der Waals surface area contributed by atoms with E-state index in [9.17, 15) is 4.79 Å². The van der Waals surface area contributed by atoms with Crippen molar-refractivity contribution in [2.45, 2.75) is 33.2 Å². The maximum atomic E-state index is 11.3. The summed E-state index contributed by atoms with van der Waals surface area (Å²) in [6.45, 7) is 4.15. The summed E-state index contributed by atoms with van der Waals surface area (Å²) < 4.78 is 5.34. The molecule has 0 atom stereocenters. The van der Waals surface area contributed by atoms with Crippen molar-refractivity contribution in [3.05, 3.63) is 17.3 Å². The summed E-state index contributed by atoms with van der Waals surface area (Å²) in [5.74, 6) is 1.80. The number of nitrogens with zero attached hydrogens (tertiary/aromatic N) is 1. The Morgan fingerprint density at radius 2 is 2.29 bits per heavy atom. The number of carbonyl (C=O) groups excluding carboxylic acids is 1. The first-order chi connectivity index (χ1) is 6.66. The minimum Gasteiger partial charge on any atom is -0.444 e. The van der Waals surface area contributed by atoms with Crippen LogP contribution < -0.4 is 5.32 Å². The minimum absolute atomic E-state index is 0.137. The number of rotatable bonds is 3. The van der Waals surface area contributed by atoms with Crippen LogP contribution in [0.4, 0.5) is 0 Å². The average Bonchev–Trinajstić information content (AvgIpc) is 2.90. The lowest BCUT2D eigenvalue weighted by Crippen LogP contribution is -2.24. The molecule has 0 bridgehead atoms. The predicted molar refractivity (Wildman–Crippen MR) is 50.5 cm³/mol. The van der Waals surface area contributed by atoms with Crippen molar-refractivity contribution in [1.29, 1.82) is 0 Å². The molecule has 0 unspecified atom stereocenters. The van der Waals surface area contributed by atoms with Gasteiger partial charge < -0.3 is 9.73 Å². The monoisotopic (exact) mass is 194 g/mol. The Balaban J connectivity index is 1.90. The van der Waals surface area contributed by atoms with Crippen molar-refractivity contribution in [3.63, 3.8) is 0 Å². The summed E-state index contributed by atoms with van der Waals surface area (Å²) in [5, 5.41) is 2.84. The molecule has 0 aromatic carbocycles. The van der Waals surface area contributed by atoms with Crippen LogP contribution in [0.25, 0.3) is 0 Å². The van der Waals surface area contributed by atoms with Gasteiger partial charge in [-0.3, -0.25) is 4.79 Å². The van der Waals surface area contributed by atoms with Crippen molar-refractivity contribution in [1.82, 2.24) is 10.3 Å². The van der Waals surface area contributed by atoms with Gasteiger partial charge in [-0.05, 0) is 19.8 Å². The predicted octanol–water partition coefficient (Wildman–Crippen LogP) is 1.32. The molecule has 1 aromatic heterocycles. The highest BCUT2D eigenvalue weighted by molar-refractivity contribution is 5.80. The normalized spacial score (nSPS) is 15.6. The molecule has 1 aliphatic rings. The number of aromatic nitrogens is 1. The van der Waals surface area contributed by atoms with E-state index in [1.54, 1.807) is 6.92 Å². The van der Waals surface area contributed by atoms with Crippen LogP contribution in [0.3, 0.4) is 0 Å². The summed E-state index contributed by atoms with van der Waals surface area (Å²) >= 11 is 0. The quantitative estimate of drug-likeness (QED) is 0.789. The van der Waals surface area contributed by atoms with Gasteiger partial charge in [0.2, 0.25) is 5.91 Å². The Morgan fingerprint density at radius 1 is 1.57 bits per heavy atom. The molecule has 1 saturated carbocycles. The molecule has 0 spiro atoms. The van der Waals surface area contributed by atoms with Gasteiger partial charge in [-0.2, -0.15) is 0 Å². The van der Waals surface area contributed by atoms with E-state index in [0.717, 1.165) is 24.3 Å². The van der Waals surface area contributed by atoms with Crippen LogP contribution in [0.5, 0.6) is 0 Å². The zero-order chi connectivity index (χ0) is 10.1. The van der Waals surface area contributed by atoms with Crippen molar-refractivity contribution in [2.75, 3.05) is 0 Å². The first-order valence-corrected chi connectivity index (χ1v) is 4.87. The molecular weight excluding hydrogens is 180 g/mol. The Kier molecular flexibility index (Phi) is 2.27. The summed E-state index contributed by atoms with van der Waals surface area (Å²) in [4.78, 5) is 15.5. The van der Waals surface area contributed by atoms with E-state index in [-0.39, 0.29) is 11.8 Å². The molecule has 1 N–H and O–H groups in total. The molecule has 2 rings (SSSR count). The fraction of sp³-hybridized carbons (Fsp3) is 0.600. The second-order valence-corrected chi connectivity index (χ2v) is 3.73. The summed E-state index contributed by atoms with van der Waals surface area (Å²) in [6.07, 6.45) is 2.06. The van der Waals surface area contributed by atoms with Crippen LogP contribution in [0.1, 0.15) is 30.2 Å². The van der Waals surface area contributed by atoms with Crippen LogP contribution in [-0.2, 0) is 11.3 Å². The Labute approximate surface area is 82.7 Å². The van der Waals surface area contributed by atoms with Gasteiger partial charge in [0.05, 0.1) is 12.2 Å². The third-order valence-electron chi connectivity index (χ3n) is 2.37. The van der Waals surface area contributed by atoms with Crippen molar-refractivity contribution in [3.8, 4) is 0 Å². The number of hydrogen-bond acceptors (Lipinski definition) is 3. The number of oxazole rings is 1. The lowest BCUT2D eigenvalue weighted by atomic mass is 10.3. The van der Waals surface area contributed by atoms with Crippen LogP contribution in [0.15, 0.2) is 4.42 Å². The third-order valence-corrected chi connectivity index (χ3v) is 2.37.